The summed E-state index contributed by atoms with van der Waals surface area (Å²) in [5.41, 5.74) is -1.87. The fourth-order valence-corrected chi connectivity index (χ4v) is 3.85. The van der Waals surface area contributed by atoms with Crippen molar-refractivity contribution in [1.29, 1.82) is 5.26 Å². The molecule has 2 rings (SSSR count). The van der Waals surface area contributed by atoms with E-state index in [2.05, 4.69) is 9.98 Å². The van der Waals surface area contributed by atoms with Gasteiger partial charge in [0, 0.05) is 17.6 Å². The van der Waals surface area contributed by atoms with Gasteiger partial charge in [-0.3, -0.25) is 0 Å². The molecule has 0 spiro atoms. The number of nitrogens with zero attached hydrogens (tertiary/aromatic N) is 4. The summed E-state index contributed by atoms with van der Waals surface area (Å²) in [5, 5.41) is 9.16. The Morgan fingerprint density at radius 1 is 1.15 bits per heavy atom. The molecule has 34 heavy (non-hydrogen) atoms. The van der Waals surface area contributed by atoms with Gasteiger partial charge in [0.05, 0.1) is 11.1 Å². The number of aliphatic imine (C=N–C) groups is 1. The van der Waals surface area contributed by atoms with Crippen LogP contribution < -0.4 is 9.54 Å². The van der Waals surface area contributed by atoms with Crippen molar-refractivity contribution in [2.24, 2.45) is 15.9 Å². The number of benzene rings is 1. The van der Waals surface area contributed by atoms with Gasteiger partial charge in [-0.2, -0.15) is 41.6 Å². The zero-order valence-corrected chi connectivity index (χ0v) is 20.0. The second-order valence-electron chi connectivity index (χ2n) is 8.93. The highest BCUT2D eigenvalue weighted by Crippen LogP contribution is 2.34. The molecule has 0 N–H and O–H groups in total. The van der Waals surface area contributed by atoms with E-state index in [1.807, 2.05) is 40.8 Å². The van der Waals surface area contributed by atoms with Crippen molar-refractivity contribution >= 4 is 17.2 Å². The number of alkyl halides is 6. The number of aromatic nitrogens is 1. The van der Waals surface area contributed by atoms with E-state index in [-0.39, 0.29) is 11.3 Å². The lowest BCUT2D eigenvalue weighted by Crippen LogP contribution is -2.22. The summed E-state index contributed by atoms with van der Waals surface area (Å²) in [6.45, 7) is 8.64. The number of nitriles is 1. The maximum Gasteiger partial charge on any atom is 0.422 e. The quantitative estimate of drug-likeness (QED) is 0.207. The topological polar surface area (TPSA) is 62.7 Å². The summed E-state index contributed by atoms with van der Waals surface area (Å²) in [5.74, 6) is -0.811. The molecule has 186 valence electrons. The van der Waals surface area contributed by atoms with Crippen molar-refractivity contribution in [1.82, 2.24) is 4.57 Å². The molecule has 2 aromatic rings. The standard InChI is InChI=1S/C22H24F6N4OS/c1-13(2)9-32-10-17(20(3,4)5)34-19(32)31-18(30-12-29)15-8-14(22(26,27)28)6-7-16(15)33-11-21(23,24)25/h6-8,10,13H,9,11H2,1-5H3/b30-18+,31-19-. The molecule has 0 aliphatic heterocycles. The van der Waals surface area contributed by atoms with Crippen LogP contribution >= 0.6 is 11.3 Å². The van der Waals surface area contributed by atoms with E-state index in [1.54, 1.807) is 4.57 Å². The number of rotatable bonds is 5. The van der Waals surface area contributed by atoms with Crippen LogP contribution in [-0.2, 0) is 18.1 Å². The van der Waals surface area contributed by atoms with Crippen molar-refractivity contribution in [2.75, 3.05) is 6.61 Å². The predicted octanol–water partition coefficient (Wildman–Crippen LogP) is 6.29. The third-order valence-corrected chi connectivity index (χ3v) is 5.76. The molecule has 0 atom stereocenters. The minimum atomic E-state index is -4.78. The summed E-state index contributed by atoms with van der Waals surface area (Å²) >= 11 is 1.25. The summed E-state index contributed by atoms with van der Waals surface area (Å²) in [6.07, 6.45) is -6.17. The second-order valence-corrected chi connectivity index (χ2v) is 9.94. The first-order valence-corrected chi connectivity index (χ1v) is 11.0. The highest BCUT2D eigenvalue weighted by atomic mass is 32.1. The Labute approximate surface area is 197 Å². The Hall–Kier alpha value is -2.81. The lowest BCUT2D eigenvalue weighted by atomic mass is 9.95. The highest BCUT2D eigenvalue weighted by Gasteiger charge is 2.33. The number of amidine groups is 1. The van der Waals surface area contributed by atoms with Gasteiger partial charge in [-0.1, -0.05) is 34.6 Å². The van der Waals surface area contributed by atoms with Crippen LogP contribution in [0.2, 0.25) is 0 Å². The van der Waals surface area contributed by atoms with E-state index in [4.69, 9.17) is 10.00 Å². The molecule has 0 aliphatic rings. The summed E-state index contributed by atoms with van der Waals surface area (Å²) in [7, 11) is 0. The molecule has 1 aromatic heterocycles. The molecule has 0 radical (unpaired) electrons. The molecule has 0 bridgehead atoms. The Bertz CT molecular complexity index is 1140. The van der Waals surface area contributed by atoms with Crippen LogP contribution in [0.25, 0.3) is 0 Å². The average Bonchev–Trinajstić information content (AvgIpc) is 3.06. The minimum Gasteiger partial charge on any atom is -0.483 e. The van der Waals surface area contributed by atoms with E-state index in [0.717, 1.165) is 10.9 Å². The van der Waals surface area contributed by atoms with Crippen LogP contribution in [-0.4, -0.2) is 23.2 Å². The molecule has 1 aromatic carbocycles. The van der Waals surface area contributed by atoms with E-state index in [0.29, 0.717) is 23.5 Å². The first-order chi connectivity index (χ1) is 15.5. The Balaban J connectivity index is 2.76. The van der Waals surface area contributed by atoms with Gasteiger partial charge in [-0.15, -0.1) is 11.3 Å². The molecule has 0 aliphatic carbocycles. The van der Waals surface area contributed by atoms with Crippen LogP contribution in [0, 0.1) is 17.4 Å². The number of ether oxygens (including phenoxy) is 1. The SMILES string of the molecule is CC(C)Cn1cc(C(C)(C)C)s/c1=N\C(=N\C#N)c1cc(C(F)(F)F)ccc1OCC(F)(F)F. The average molecular weight is 507 g/mol. The van der Waals surface area contributed by atoms with Crippen molar-refractivity contribution in [3.8, 4) is 11.9 Å². The smallest absolute Gasteiger partial charge is 0.422 e. The second kappa shape index (κ2) is 10.2. The van der Waals surface area contributed by atoms with Gasteiger partial charge in [0.15, 0.2) is 17.2 Å². The van der Waals surface area contributed by atoms with Gasteiger partial charge in [0.25, 0.3) is 0 Å². The third-order valence-electron chi connectivity index (χ3n) is 4.32. The van der Waals surface area contributed by atoms with Gasteiger partial charge < -0.3 is 9.30 Å². The molecule has 0 fully saturated rings. The number of halogens is 6. The molecular weight excluding hydrogens is 482 g/mol. The van der Waals surface area contributed by atoms with Gasteiger partial charge in [-0.25, -0.2) is 0 Å². The summed E-state index contributed by atoms with van der Waals surface area (Å²) in [4.78, 5) is 9.10. The molecule has 0 saturated heterocycles. The molecule has 12 heteroatoms. The molecule has 0 unspecified atom stereocenters. The van der Waals surface area contributed by atoms with Crippen molar-refractivity contribution in [2.45, 2.75) is 58.9 Å². The van der Waals surface area contributed by atoms with Crippen molar-refractivity contribution < 1.29 is 31.1 Å². The van der Waals surface area contributed by atoms with Crippen LogP contribution in [0.3, 0.4) is 0 Å². The maximum absolute atomic E-state index is 13.3. The fourth-order valence-electron chi connectivity index (χ4n) is 2.79. The predicted molar refractivity (Wildman–Crippen MR) is 117 cm³/mol. The van der Waals surface area contributed by atoms with E-state index in [9.17, 15) is 26.3 Å². The Morgan fingerprint density at radius 2 is 1.79 bits per heavy atom. The molecule has 1 heterocycles. The van der Waals surface area contributed by atoms with Gasteiger partial charge in [0.1, 0.15) is 5.75 Å². The van der Waals surface area contributed by atoms with Crippen molar-refractivity contribution in [3.05, 3.63) is 45.2 Å². The Morgan fingerprint density at radius 3 is 2.29 bits per heavy atom. The minimum absolute atomic E-state index is 0.192. The third kappa shape index (κ3) is 7.62. The van der Waals surface area contributed by atoms with Crippen LogP contribution in [0.5, 0.6) is 5.75 Å². The summed E-state index contributed by atoms with van der Waals surface area (Å²) in [6, 6.07) is 1.95. The van der Waals surface area contributed by atoms with Gasteiger partial charge in [0.2, 0.25) is 6.19 Å². The van der Waals surface area contributed by atoms with Gasteiger partial charge in [-0.05, 0) is 29.5 Å². The van der Waals surface area contributed by atoms with Crippen LogP contribution in [0.15, 0.2) is 34.4 Å². The largest absolute Gasteiger partial charge is 0.483 e. The summed E-state index contributed by atoms with van der Waals surface area (Å²) < 4.78 is 84.7. The number of hydrogen-bond acceptors (Lipinski definition) is 4. The molecule has 0 amide bonds. The first-order valence-electron chi connectivity index (χ1n) is 10.1. The van der Waals surface area contributed by atoms with E-state index in [1.165, 1.54) is 17.5 Å². The van der Waals surface area contributed by atoms with Gasteiger partial charge >= 0.3 is 12.4 Å². The molecule has 0 saturated carbocycles. The van der Waals surface area contributed by atoms with Crippen LogP contribution in [0.4, 0.5) is 26.3 Å². The monoisotopic (exact) mass is 506 g/mol. The zero-order chi connectivity index (χ0) is 25.9. The van der Waals surface area contributed by atoms with Crippen LogP contribution in [0.1, 0.15) is 50.6 Å². The first kappa shape index (κ1) is 27.4. The fraction of sp³-hybridized carbons (Fsp3) is 0.500. The van der Waals surface area contributed by atoms with Crippen molar-refractivity contribution in [3.63, 3.8) is 0 Å². The zero-order valence-electron chi connectivity index (χ0n) is 19.2. The molecule has 5 nitrogen and oxygen atoms in total. The Kier molecular flexibility index (Phi) is 8.24. The highest BCUT2D eigenvalue weighted by molar-refractivity contribution is 7.09. The maximum atomic E-state index is 13.3. The lowest BCUT2D eigenvalue weighted by molar-refractivity contribution is -0.153. The number of thiazole rings is 1. The lowest BCUT2D eigenvalue weighted by Gasteiger charge is -2.15. The normalized spacial score (nSPS) is 14.0. The van der Waals surface area contributed by atoms with E-state index >= 15 is 0 Å². The number of hydrogen-bond donors (Lipinski definition) is 0. The van der Waals surface area contributed by atoms with E-state index < -0.39 is 41.7 Å². The molecular formula is C22H24F6N4OS.